The second-order valence-corrected chi connectivity index (χ2v) is 5.87. The first-order chi connectivity index (χ1) is 10.4. The van der Waals surface area contributed by atoms with E-state index in [1.807, 2.05) is 13.8 Å². The highest BCUT2D eigenvalue weighted by molar-refractivity contribution is 6.03. The van der Waals surface area contributed by atoms with Gasteiger partial charge in [-0.25, -0.2) is 9.59 Å². The van der Waals surface area contributed by atoms with Crippen molar-refractivity contribution in [1.82, 2.24) is 0 Å². The summed E-state index contributed by atoms with van der Waals surface area (Å²) >= 11 is 0. The van der Waals surface area contributed by atoms with E-state index >= 15 is 0 Å². The van der Waals surface area contributed by atoms with Crippen molar-refractivity contribution >= 4 is 11.9 Å². The first kappa shape index (κ1) is 18.2. The minimum absolute atomic E-state index is 0.272. The van der Waals surface area contributed by atoms with Crippen LogP contribution in [0.15, 0.2) is 12.1 Å². The zero-order valence-corrected chi connectivity index (χ0v) is 14.2. The van der Waals surface area contributed by atoms with Crippen LogP contribution in [0.2, 0.25) is 0 Å². The molecule has 4 nitrogen and oxygen atoms in total. The molecule has 0 atom stereocenters. The average molecular weight is 306 g/mol. The molecular formula is C18H26O4. The van der Waals surface area contributed by atoms with E-state index in [4.69, 9.17) is 9.47 Å². The predicted molar refractivity (Wildman–Crippen MR) is 86.2 cm³/mol. The highest BCUT2D eigenvalue weighted by atomic mass is 16.5. The zero-order valence-electron chi connectivity index (χ0n) is 14.2. The number of hydrogen-bond donors (Lipinski definition) is 0. The Morgan fingerprint density at radius 1 is 1.00 bits per heavy atom. The third-order valence-corrected chi connectivity index (χ3v) is 3.51. The van der Waals surface area contributed by atoms with Gasteiger partial charge in [-0.05, 0) is 62.8 Å². The van der Waals surface area contributed by atoms with Crippen molar-refractivity contribution in [2.45, 2.75) is 47.5 Å². The first-order valence-electron chi connectivity index (χ1n) is 7.82. The molecule has 0 amide bonds. The largest absolute Gasteiger partial charge is 0.462 e. The van der Waals surface area contributed by atoms with E-state index in [1.165, 1.54) is 0 Å². The summed E-state index contributed by atoms with van der Waals surface area (Å²) in [5, 5.41) is 0. The van der Waals surface area contributed by atoms with Crippen LogP contribution >= 0.6 is 0 Å². The Morgan fingerprint density at radius 2 is 1.50 bits per heavy atom. The molecule has 0 unspecified atom stereocenters. The summed E-state index contributed by atoms with van der Waals surface area (Å²) in [6, 6.07) is 3.39. The Balaban J connectivity index is 2.89. The van der Waals surface area contributed by atoms with Crippen LogP contribution in [0.1, 0.15) is 65.5 Å². The van der Waals surface area contributed by atoms with Gasteiger partial charge in [0.25, 0.3) is 0 Å². The lowest BCUT2D eigenvalue weighted by atomic mass is 10.00. The number of esters is 2. The van der Waals surface area contributed by atoms with E-state index in [0.717, 1.165) is 24.0 Å². The summed E-state index contributed by atoms with van der Waals surface area (Å²) in [6.07, 6.45) is 1.83. The van der Waals surface area contributed by atoms with E-state index in [1.54, 1.807) is 19.1 Å². The Labute approximate surface area is 132 Å². The number of rotatable bonds is 7. The molecule has 0 aliphatic heterocycles. The van der Waals surface area contributed by atoms with Crippen LogP contribution in [0.25, 0.3) is 0 Å². The SMILES string of the molecule is CCOC(=O)c1cc(C)c(C)cc1C(=O)OCCCC(C)C. The minimum Gasteiger partial charge on any atom is -0.462 e. The number of carbonyl (C=O) groups excluding carboxylic acids is 2. The summed E-state index contributed by atoms with van der Waals surface area (Å²) in [7, 11) is 0. The van der Waals surface area contributed by atoms with Crippen LogP contribution in [0.3, 0.4) is 0 Å². The number of hydrogen-bond acceptors (Lipinski definition) is 4. The Hall–Kier alpha value is -1.84. The Kier molecular flexibility index (Phi) is 7.09. The molecule has 0 saturated carbocycles. The molecule has 22 heavy (non-hydrogen) atoms. The van der Waals surface area contributed by atoms with Crippen molar-refractivity contribution in [3.63, 3.8) is 0 Å². The van der Waals surface area contributed by atoms with E-state index in [2.05, 4.69) is 13.8 Å². The quantitative estimate of drug-likeness (QED) is 0.563. The standard InChI is InChI=1S/C18H26O4/c1-6-21-17(19)15-10-13(4)14(5)11-16(15)18(20)22-9-7-8-12(2)3/h10-12H,6-9H2,1-5H3. The van der Waals surface area contributed by atoms with E-state index in [9.17, 15) is 9.59 Å². The first-order valence-corrected chi connectivity index (χ1v) is 7.82. The predicted octanol–water partition coefficient (Wildman–Crippen LogP) is 4.07. The van der Waals surface area contributed by atoms with Crippen molar-refractivity contribution in [1.29, 1.82) is 0 Å². The molecule has 0 heterocycles. The van der Waals surface area contributed by atoms with Crippen molar-refractivity contribution in [3.8, 4) is 0 Å². The third-order valence-electron chi connectivity index (χ3n) is 3.51. The molecule has 122 valence electrons. The number of benzene rings is 1. The van der Waals surface area contributed by atoms with Gasteiger partial charge in [-0.3, -0.25) is 0 Å². The monoisotopic (exact) mass is 306 g/mol. The molecule has 4 heteroatoms. The Bertz CT molecular complexity index is 532. The molecule has 0 N–H and O–H groups in total. The van der Waals surface area contributed by atoms with Gasteiger partial charge in [0, 0.05) is 0 Å². The molecule has 1 rings (SSSR count). The van der Waals surface area contributed by atoms with E-state index < -0.39 is 11.9 Å². The molecule has 1 aromatic carbocycles. The lowest BCUT2D eigenvalue weighted by Crippen LogP contribution is -2.15. The molecule has 0 spiro atoms. The van der Waals surface area contributed by atoms with Gasteiger partial charge in [0.15, 0.2) is 0 Å². The smallest absolute Gasteiger partial charge is 0.339 e. The van der Waals surface area contributed by atoms with Crippen LogP contribution in [0.5, 0.6) is 0 Å². The van der Waals surface area contributed by atoms with Crippen LogP contribution in [-0.2, 0) is 9.47 Å². The van der Waals surface area contributed by atoms with Gasteiger partial charge in [0.1, 0.15) is 0 Å². The number of aryl methyl sites for hydroxylation is 2. The second kappa shape index (κ2) is 8.57. The highest BCUT2D eigenvalue weighted by Gasteiger charge is 2.20. The zero-order chi connectivity index (χ0) is 16.7. The van der Waals surface area contributed by atoms with Crippen molar-refractivity contribution in [2.24, 2.45) is 5.92 Å². The van der Waals surface area contributed by atoms with Crippen molar-refractivity contribution in [3.05, 3.63) is 34.4 Å². The second-order valence-electron chi connectivity index (χ2n) is 5.87. The Morgan fingerprint density at radius 3 is 1.95 bits per heavy atom. The van der Waals surface area contributed by atoms with Crippen LogP contribution < -0.4 is 0 Å². The van der Waals surface area contributed by atoms with Gasteiger partial charge in [-0.2, -0.15) is 0 Å². The van der Waals surface area contributed by atoms with Crippen LogP contribution in [0.4, 0.5) is 0 Å². The fourth-order valence-corrected chi connectivity index (χ4v) is 2.10. The summed E-state index contributed by atoms with van der Waals surface area (Å²) in [5.41, 5.74) is 2.45. The van der Waals surface area contributed by atoms with Crippen LogP contribution in [-0.4, -0.2) is 25.2 Å². The molecule has 0 aromatic heterocycles. The molecule has 0 aliphatic carbocycles. The molecule has 0 aliphatic rings. The molecule has 1 aromatic rings. The van der Waals surface area contributed by atoms with Gasteiger partial charge in [-0.1, -0.05) is 13.8 Å². The summed E-state index contributed by atoms with van der Waals surface area (Å²) in [5.74, 6) is -0.370. The topological polar surface area (TPSA) is 52.6 Å². The average Bonchev–Trinajstić information content (AvgIpc) is 2.45. The maximum absolute atomic E-state index is 12.3. The molecule has 0 bridgehead atoms. The maximum Gasteiger partial charge on any atom is 0.339 e. The molecule has 0 saturated heterocycles. The van der Waals surface area contributed by atoms with Crippen LogP contribution in [0, 0.1) is 19.8 Å². The summed E-state index contributed by atoms with van der Waals surface area (Å²) in [6.45, 7) is 10.4. The van der Waals surface area contributed by atoms with E-state index in [-0.39, 0.29) is 17.7 Å². The lowest BCUT2D eigenvalue weighted by molar-refractivity contribution is 0.0460. The summed E-state index contributed by atoms with van der Waals surface area (Å²) < 4.78 is 10.3. The highest BCUT2D eigenvalue weighted by Crippen LogP contribution is 2.19. The van der Waals surface area contributed by atoms with Gasteiger partial charge in [-0.15, -0.1) is 0 Å². The van der Waals surface area contributed by atoms with E-state index in [0.29, 0.717) is 12.5 Å². The molecule has 0 fully saturated rings. The maximum atomic E-state index is 12.3. The van der Waals surface area contributed by atoms with Gasteiger partial charge < -0.3 is 9.47 Å². The van der Waals surface area contributed by atoms with Gasteiger partial charge in [0.05, 0.1) is 24.3 Å². The fourth-order valence-electron chi connectivity index (χ4n) is 2.10. The van der Waals surface area contributed by atoms with Gasteiger partial charge in [0.2, 0.25) is 0 Å². The number of carbonyl (C=O) groups is 2. The van der Waals surface area contributed by atoms with Crippen molar-refractivity contribution < 1.29 is 19.1 Å². The normalized spacial score (nSPS) is 10.6. The number of ether oxygens (including phenoxy) is 2. The third kappa shape index (κ3) is 5.17. The molecule has 0 radical (unpaired) electrons. The molecular weight excluding hydrogens is 280 g/mol. The lowest BCUT2D eigenvalue weighted by Gasteiger charge is -2.12. The summed E-state index contributed by atoms with van der Waals surface area (Å²) in [4.78, 5) is 24.3. The fraction of sp³-hybridized carbons (Fsp3) is 0.556. The van der Waals surface area contributed by atoms with Crippen molar-refractivity contribution in [2.75, 3.05) is 13.2 Å². The van der Waals surface area contributed by atoms with Gasteiger partial charge >= 0.3 is 11.9 Å². The minimum atomic E-state index is -0.486.